The molecule has 4 nitrogen and oxygen atoms in total. The highest BCUT2D eigenvalue weighted by Gasteiger charge is 2.09. The fourth-order valence-corrected chi connectivity index (χ4v) is 3.87. The molecule has 2 N–H and O–H groups in total. The topological polar surface area (TPSA) is 58.2 Å². The Hall–Kier alpha value is -2.28. The third kappa shape index (κ3) is 5.60. The number of aryl methyl sites for hydroxylation is 1. The molecule has 138 valence electrons. The Morgan fingerprint density at radius 3 is 2.70 bits per heavy atom. The summed E-state index contributed by atoms with van der Waals surface area (Å²) in [5.74, 6) is 0.00795. The molecule has 0 saturated carbocycles. The van der Waals surface area contributed by atoms with Crippen molar-refractivity contribution in [3.63, 3.8) is 0 Å². The van der Waals surface area contributed by atoms with Gasteiger partial charge in [0.2, 0.25) is 5.91 Å². The minimum Gasteiger partial charge on any atom is -0.325 e. The Morgan fingerprint density at radius 1 is 1.07 bits per heavy atom. The van der Waals surface area contributed by atoms with Crippen molar-refractivity contribution >= 4 is 57.9 Å². The molecule has 2 amide bonds. The number of anilines is 2. The molecule has 0 fully saturated rings. The second kappa shape index (κ2) is 9.08. The second-order valence-electron chi connectivity index (χ2n) is 5.76. The fourth-order valence-electron chi connectivity index (χ4n) is 2.33. The molecule has 7 heteroatoms. The molecule has 0 aliphatic heterocycles. The SMILES string of the molecule is Cc1ccc(Cl)cc1NC(=O)CSc1cccc(NC(=O)c2cccs2)c1. The first-order valence-electron chi connectivity index (χ1n) is 8.15. The number of hydrogen-bond acceptors (Lipinski definition) is 4. The molecule has 27 heavy (non-hydrogen) atoms. The molecule has 0 saturated heterocycles. The summed E-state index contributed by atoms with van der Waals surface area (Å²) in [6.45, 7) is 1.92. The molecule has 3 rings (SSSR count). The summed E-state index contributed by atoms with van der Waals surface area (Å²) in [5, 5.41) is 8.19. The van der Waals surface area contributed by atoms with Gasteiger partial charge < -0.3 is 10.6 Å². The van der Waals surface area contributed by atoms with E-state index in [1.165, 1.54) is 23.1 Å². The lowest BCUT2D eigenvalue weighted by Gasteiger charge is -2.09. The Labute approximate surface area is 170 Å². The third-order valence-corrected chi connectivity index (χ3v) is 5.78. The number of carbonyl (C=O) groups excluding carboxylic acids is 2. The summed E-state index contributed by atoms with van der Waals surface area (Å²) in [6.07, 6.45) is 0. The van der Waals surface area contributed by atoms with E-state index >= 15 is 0 Å². The van der Waals surface area contributed by atoms with Crippen LogP contribution in [0.1, 0.15) is 15.2 Å². The van der Waals surface area contributed by atoms with E-state index in [1.807, 2.05) is 48.7 Å². The van der Waals surface area contributed by atoms with Crippen LogP contribution >= 0.6 is 34.7 Å². The predicted octanol–water partition coefficient (Wildman–Crippen LogP) is 5.69. The lowest BCUT2D eigenvalue weighted by atomic mass is 10.2. The third-order valence-electron chi connectivity index (χ3n) is 3.68. The van der Waals surface area contributed by atoms with Gasteiger partial charge in [-0.2, -0.15) is 0 Å². The van der Waals surface area contributed by atoms with Crippen LogP contribution in [-0.4, -0.2) is 17.6 Å². The zero-order valence-corrected chi connectivity index (χ0v) is 16.9. The minimum absolute atomic E-state index is 0.113. The molecule has 0 aliphatic carbocycles. The largest absolute Gasteiger partial charge is 0.325 e. The molecule has 2 aromatic carbocycles. The fraction of sp³-hybridized carbons (Fsp3) is 0.100. The van der Waals surface area contributed by atoms with Gasteiger partial charge in [-0.25, -0.2) is 0 Å². The molecule has 0 atom stereocenters. The van der Waals surface area contributed by atoms with Crippen LogP contribution in [-0.2, 0) is 4.79 Å². The molecule has 1 heterocycles. The number of nitrogens with one attached hydrogen (secondary N) is 2. The molecular formula is C20H17ClN2O2S2. The maximum atomic E-state index is 12.2. The van der Waals surface area contributed by atoms with Gasteiger partial charge in [-0.3, -0.25) is 9.59 Å². The molecule has 0 radical (unpaired) electrons. The summed E-state index contributed by atoms with van der Waals surface area (Å²) in [5.41, 5.74) is 2.37. The highest BCUT2D eigenvalue weighted by Crippen LogP contribution is 2.24. The highest BCUT2D eigenvalue weighted by molar-refractivity contribution is 8.00. The Morgan fingerprint density at radius 2 is 1.93 bits per heavy atom. The Balaban J connectivity index is 1.57. The summed E-state index contributed by atoms with van der Waals surface area (Å²) < 4.78 is 0. The summed E-state index contributed by atoms with van der Waals surface area (Å²) in [7, 11) is 0. The molecule has 0 spiro atoms. The molecule has 0 aliphatic rings. The van der Waals surface area contributed by atoms with Crippen molar-refractivity contribution in [1.82, 2.24) is 0 Å². The van der Waals surface area contributed by atoms with Crippen molar-refractivity contribution in [2.24, 2.45) is 0 Å². The average Bonchev–Trinajstić information content (AvgIpc) is 3.18. The smallest absolute Gasteiger partial charge is 0.265 e. The first kappa shape index (κ1) is 19.5. The highest BCUT2D eigenvalue weighted by atomic mass is 35.5. The van der Waals surface area contributed by atoms with Gasteiger partial charge in [-0.15, -0.1) is 23.1 Å². The van der Waals surface area contributed by atoms with Gasteiger partial charge in [0.1, 0.15) is 0 Å². The molecule has 3 aromatic rings. The van der Waals surface area contributed by atoms with Gasteiger partial charge in [-0.05, 0) is 54.3 Å². The number of carbonyl (C=O) groups is 2. The monoisotopic (exact) mass is 416 g/mol. The summed E-state index contributed by atoms with van der Waals surface area (Å²) in [6, 6.07) is 16.4. The zero-order chi connectivity index (χ0) is 19.2. The van der Waals surface area contributed by atoms with Crippen molar-refractivity contribution in [3.8, 4) is 0 Å². The lowest BCUT2D eigenvalue weighted by Crippen LogP contribution is -2.14. The molecule has 0 unspecified atom stereocenters. The number of hydrogen-bond donors (Lipinski definition) is 2. The van der Waals surface area contributed by atoms with Crippen LogP contribution in [0.2, 0.25) is 5.02 Å². The number of amides is 2. The summed E-state index contributed by atoms with van der Waals surface area (Å²) >= 11 is 8.77. The molecule has 0 bridgehead atoms. The normalized spacial score (nSPS) is 10.4. The van der Waals surface area contributed by atoms with Gasteiger partial charge in [0.05, 0.1) is 10.6 Å². The standard InChI is InChI=1S/C20H17ClN2O2S2/c1-13-7-8-14(21)10-17(13)23-19(24)12-27-16-5-2-4-15(11-16)22-20(25)18-6-3-9-26-18/h2-11H,12H2,1H3,(H,22,25)(H,23,24). The van der Waals surface area contributed by atoms with E-state index in [1.54, 1.807) is 18.2 Å². The van der Waals surface area contributed by atoms with Crippen molar-refractivity contribution in [1.29, 1.82) is 0 Å². The van der Waals surface area contributed by atoms with E-state index in [-0.39, 0.29) is 17.6 Å². The van der Waals surface area contributed by atoms with Gasteiger partial charge >= 0.3 is 0 Å². The predicted molar refractivity (Wildman–Crippen MR) is 114 cm³/mol. The van der Waals surface area contributed by atoms with Crippen molar-refractivity contribution < 1.29 is 9.59 Å². The first-order valence-corrected chi connectivity index (χ1v) is 10.4. The van der Waals surface area contributed by atoms with Gasteiger partial charge in [0, 0.05) is 21.3 Å². The number of rotatable bonds is 6. The van der Waals surface area contributed by atoms with Crippen LogP contribution in [0.4, 0.5) is 11.4 Å². The van der Waals surface area contributed by atoms with E-state index in [4.69, 9.17) is 11.6 Å². The van der Waals surface area contributed by atoms with Crippen molar-refractivity contribution in [2.45, 2.75) is 11.8 Å². The lowest BCUT2D eigenvalue weighted by molar-refractivity contribution is -0.113. The number of thiophene rings is 1. The maximum absolute atomic E-state index is 12.2. The number of thioether (sulfide) groups is 1. The van der Waals surface area contributed by atoms with Crippen molar-refractivity contribution in [3.05, 3.63) is 75.4 Å². The van der Waals surface area contributed by atoms with E-state index in [0.29, 0.717) is 21.3 Å². The Bertz CT molecular complexity index is 958. The quantitative estimate of drug-likeness (QED) is 0.507. The second-order valence-corrected chi connectivity index (χ2v) is 8.19. The van der Waals surface area contributed by atoms with Gasteiger partial charge in [-0.1, -0.05) is 29.8 Å². The van der Waals surface area contributed by atoms with E-state index in [2.05, 4.69) is 10.6 Å². The minimum atomic E-state index is -0.138. The van der Waals surface area contributed by atoms with E-state index in [9.17, 15) is 9.59 Å². The van der Waals surface area contributed by atoms with Crippen molar-refractivity contribution in [2.75, 3.05) is 16.4 Å². The Kier molecular flexibility index (Phi) is 6.55. The zero-order valence-electron chi connectivity index (χ0n) is 14.5. The van der Waals surface area contributed by atoms with Crippen LogP contribution in [0.25, 0.3) is 0 Å². The molecular weight excluding hydrogens is 400 g/mol. The number of benzene rings is 2. The van der Waals surface area contributed by atoms with E-state index < -0.39 is 0 Å². The van der Waals surface area contributed by atoms with Crippen LogP contribution in [0.5, 0.6) is 0 Å². The van der Waals surface area contributed by atoms with Gasteiger partial charge in [0.15, 0.2) is 0 Å². The van der Waals surface area contributed by atoms with Crippen LogP contribution in [0.15, 0.2) is 64.9 Å². The van der Waals surface area contributed by atoms with Crippen LogP contribution in [0.3, 0.4) is 0 Å². The van der Waals surface area contributed by atoms with E-state index in [0.717, 1.165) is 10.5 Å². The van der Waals surface area contributed by atoms with Crippen LogP contribution in [0, 0.1) is 6.92 Å². The average molecular weight is 417 g/mol. The first-order chi connectivity index (χ1) is 13.0. The summed E-state index contributed by atoms with van der Waals surface area (Å²) in [4.78, 5) is 25.9. The maximum Gasteiger partial charge on any atom is 0.265 e. The van der Waals surface area contributed by atoms with Gasteiger partial charge in [0.25, 0.3) is 5.91 Å². The van der Waals surface area contributed by atoms with Crippen LogP contribution < -0.4 is 10.6 Å². The number of halogens is 1. The molecule has 1 aromatic heterocycles.